The zero-order valence-corrected chi connectivity index (χ0v) is 17.2. The summed E-state index contributed by atoms with van der Waals surface area (Å²) >= 11 is 3.39. The first-order valence-corrected chi connectivity index (χ1v) is 9.21. The van der Waals surface area contributed by atoms with Gasteiger partial charge in [0.25, 0.3) is 5.91 Å². The number of hydrogen-bond donors (Lipinski definition) is 1. The van der Waals surface area contributed by atoms with E-state index < -0.39 is 0 Å². The molecule has 0 saturated carbocycles. The van der Waals surface area contributed by atoms with E-state index in [0.29, 0.717) is 46.9 Å². The number of halogens is 1. The van der Waals surface area contributed by atoms with Gasteiger partial charge in [0.05, 0.1) is 38.0 Å². The Balaban J connectivity index is 2.61. The number of esters is 1. The topological polar surface area (TPSA) is 83.1 Å². The van der Waals surface area contributed by atoms with Crippen molar-refractivity contribution in [2.24, 2.45) is 0 Å². The Bertz CT molecular complexity index is 620. The first-order chi connectivity index (χ1) is 12.5. The van der Waals surface area contributed by atoms with Gasteiger partial charge >= 0.3 is 5.97 Å². The molecule has 0 unspecified atom stereocenters. The van der Waals surface area contributed by atoms with E-state index in [1.807, 2.05) is 0 Å². The van der Waals surface area contributed by atoms with E-state index in [0.717, 1.165) is 19.3 Å². The number of hydrogen-bond acceptors (Lipinski definition) is 6. The number of unbranched alkanes of at least 4 members (excludes halogenated alkanes) is 2. The van der Waals surface area contributed by atoms with Crippen LogP contribution in [0, 0.1) is 0 Å². The molecule has 1 N–H and O–H groups in total. The number of methoxy groups -OCH3 is 3. The number of rotatable bonds is 11. The van der Waals surface area contributed by atoms with Crippen LogP contribution in [0.4, 0.5) is 0 Å². The quantitative estimate of drug-likeness (QED) is 0.427. The van der Waals surface area contributed by atoms with Crippen LogP contribution in [0.2, 0.25) is 0 Å². The summed E-state index contributed by atoms with van der Waals surface area (Å²) in [6.45, 7) is 2.69. The highest BCUT2D eigenvalue weighted by molar-refractivity contribution is 9.10. The highest BCUT2D eigenvalue weighted by atomic mass is 79.9. The Labute approximate surface area is 162 Å². The molecule has 0 aliphatic heterocycles. The Hall–Kier alpha value is -1.96. The molecule has 0 aliphatic rings. The molecule has 0 radical (unpaired) electrons. The fourth-order valence-electron chi connectivity index (χ4n) is 2.39. The molecular weight excluding hydrogens is 406 g/mol. The van der Waals surface area contributed by atoms with Gasteiger partial charge in [-0.3, -0.25) is 9.59 Å². The van der Waals surface area contributed by atoms with Crippen LogP contribution >= 0.6 is 15.9 Å². The van der Waals surface area contributed by atoms with Crippen LogP contribution in [0.25, 0.3) is 0 Å². The van der Waals surface area contributed by atoms with Gasteiger partial charge in [-0.05, 0) is 41.8 Å². The van der Waals surface area contributed by atoms with Gasteiger partial charge in [0.1, 0.15) is 0 Å². The second-order valence-electron chi connectivity index (χ2n) is 5.38. The van der Waals surface area contributed by atoms with Crippen molar-refractivity contribution in [1.82, 2.24) is 5.32 Å². The lowest BCUT2D eigenvalue weighted by atomic mass is 10.1. The molecule has 1 aromatic carbocycles. The summed E-state index contributed by atoms with van der Waals surface area (Å²) in [5.74, 6) is 0.787. The molecule has 0 aliphatic carbocycles. The Morgan fingerprint density at radius 2 is 1.73 bits per heavy atom. The van der Waals surface area contributed by atoms with Gasteiger partial charge in [0.2, 0.25) is 5.75 Å². The summed E-state index contributed by atoms with van der Waals surface area (Å²) in [6, 6.07) is 1.60. The maximum Gasteiger partial charge on any atom is 0.305 e. The van der Waals surface area contributed by atoms with Crippen molar-refractivity contribution in [2.45, 2.75) is 32.6 Å². The lowest BCUT2D eigenvalue weighted by Crippen LogP contribution is -2.25. The highest BCUT2D eigenvalue weighted by Gasteiger charge is 2.22. The third-order valence-electron chi connectivity index (χ3n) is 3.66. The van der Waals surface area contributed by atoms with Crippen molar-refractivity contribution in [3.63, 3.8) is 0 Å². The van der Waals surface area contributed by atoms with E-state index in [4.69, 9.17) is 18.9 Å². The summed E-state index contributed by atoms with van der Waals surface area (Å²) in [5.41, 5.74) is 0.394. The Morgan fingerprint density at radius 3 is 2.31 bits per heavy atom. The lowest BCUT2D eigenvalue weighted by molar-refractivity contribution is -0.143. The molecule has 0 atom stereocenters. The second-order valence-corrected chi connectivity index (χ2v) is 6.17. The average Bonchev–Trinajstić information content (AvgIpc) is 2.63. The third-order valence-corrected chi connectivity index (χ3v) is 4.45. The van der Waals surface area contributed by atoms with Crippen LogP contribution in [0.5, 0.6) is 17.2 Å². The fraction of sp³-hybridized carbons (Fsp3) is 0.556. The molecule has 0 bridgehead atoms. The summed E-state index contributed by atoms with van der Waals surface area (Å²) in [7, 11) is 4.49. The molecule has 0 saturated heterocycles. The van der Waals surface area contributed by atoms with Gasteiger partial charge in [0.15, 0.2) is 11.5 Å². The maximum absolute atomic E-state index is 12.5. The van der Waals surface area contributed by atoms with Crippen molar-refractivity contribution < 1.29 is 28.5 Å². The van der Waals surface area contributed by atoms with E-state index >= 15 is 0 Å². The number of benzene rings is 1. The molecule has 0 heterocycles. The number of nitrogens with one attached hydrogen (secondary N) is 1. The van der Waals surface area contributed by atoms with E-state index in [1.165, 1.54) is 21.3 Å². The molecule has 8 heteroatoms. The zero-order valence-electron chi connectivity index (χ0n) is 15.6. The van der Waals surface area contributed by atoms with Gasteiger partial charge in [-0.25, -0.2) is 0 Å². The predicted molar refractivity (Wildman–Crippen MR) is 101 cm³/mol. The van der Waals surface area contributed by atoms with Crippen LogP contribution in [0.1, 0.15) is 43.0 Å². The fourth-order valence-corrected chi connectivity index (χ4v) is 3.02. The summed E-state index contributed by atoms with van der Waals surface area (Å²) in [6.07, 6.45) is 2.74. The van der Waals surface area contributed by atoms with Crippen LogP contribution < -0.4 is 19.5 Å². The number of amides is 1. The van der Waals surface area contributed by atoms with E-state index in [-0.39, 0.29) is 11.9 Å². The van der Waals surface area contributed by atoms with Crippen molar-refractivity contribution in [1.29, 1.82) is 0 Å². The summed E-state index contributed by atoms with van der Waals surface area (Å²) in [5, 5.41) is 2.86. The number of carbonyl (C=O) groups excluding carboxylic acids is 2. The molecule has 1 rings (SSSR count). The molecule has 7 nitrogen and oxygen atoms in total. The molecule has 1 amide bonds. The largest absolute Gasteiger partial charge is 0.493 e. The SMILES string of the molecule is CCOC(=O)CCCCCNC(=O)c1cc(OC)c(OC)c(OC)c1Br. The zero-order chi connectivity index (χ0) is 19.5. The highest BCUT2D eigenvalue weighted by Crippen LogP contribution is 2.44. The standard InChI is InChI=1S/C18H26BrNO6/c1-5-26-14(21)9-7-6-8-10-20-18(22)12-11-13(23-2)16(24-3)17(25-4)15(12)19/h11H,5-10H2,1-4H3,(H,20,22). The van der Waals surface area contributed by atoms with E-state index in [2.05, 4.69) is 21.2 Å². The normalized spacial score (nSPS) is 10.2. The minimum atomic E-state index is -0.249. The molecule has 0 fully saturated rings. The van der Waals surface area contributed by atoms with Crippen LogP contribution in [-0.4, -0.2) is 46.4 Å². The van der Waals surface area contributed by atoms with Gasteiger partial charge in [-0.1, -0.05) is 6.42 Å². The summed E-state index contributed by atoms with van der Waals surface area (Å²) < 4.78 is 21.3. The van der Waals surface area contributed by atoms with Crippen molar-refractivity contribution in [2.75, 3.05) is 34.5 Å². The smallest absolute Gasteiger partial charge is 0.305 e. The number of ether oxygens (including phenoxy) is 4. The first kappa shape index (κ1) is 22.1. The molecule has 26 heavy (non-hydrogen) atoms. The van der Waals surface area contributed by atoms with Crippen molar-refractivity contribution in [3.8, 4) is 17.2 Å². The minimum absolute atomic E-state index is 0.183. The second kappa shape index (κ2) is 11.6. The predicted octanol–water partition coefficient (Wildman–Crippen LogP) is 3.33. The number of carbonyl (C=O) groups is 2. The van der Waals surface area contributed by atoms with Crippen molar-refractivity contribution in [3.05, 3.63) is 16.1 Å². The van der Waals surface area contributed by atoms with Gasteiger partial charge in [0, 0.05) is 13.0 Å². The van der Waals surface area contributed by atoms with Crippen LogP contribution in [0.15, 0.2) is 10.5 Å². The maximum atomic E-state index is 12.5. The van der Waals surface area contributed by atoms with Gasteiger partial charge in [-0.2, -0.15) is 0 Å². The van der Waals surface area contributed by atoms with Gasteiger partial charge in [-0.15, -0.1) is 0 Å². The lowest BCUT2D eigenvalue weighted by Gasteiger charge is -2.16. The molecule has 0 aromatic heterocycles. The Morgan fingerprint density at radius 1 is 1.04 bits per heavy atom. The van der Waals surface area contributed by atoms with Crippen LogP contribution in [-0.2, 0) is 9.53 Å². The molecule has 1 aromatic rings. The van der Waals surface area contributed by atoms with Crippen LogP contribution in [0.3, 0.4) is 0 Å². The molecule has 146 valence electrons. The van der Waals surface area contributed by atoms with Gasteiger partial charge < -0.3 is 24.3 Å². The van der Waals surface area contributed by atoms with E-state index in [1.54, 1.807) is 13.0 Å². The molecule has 0 spiro atoms. The van der Waals surface area contributed by atoms with E-state index in [9.17, 15) is 9.59 Å². The Kier molecular flexibility index (Phi) is 9.87. The van der Waals surface area contributed by atoms with Crippen molar-refractivity contribution >= 4 is 27.8 Å². The summed E-state index contributed by atoms with van der Waals surface area (Å²) in [4.78, 5) is 23.7. The minimum Gasteiger partial charge on any atom is -0.493 e. The first-order valence-electron chi connectivity index (χ1n) is 8.42. The average molecular weight is 432 g/mol. The third kappa shape index (κ3) is 6.09. The molecular formula is C18H26BrNO6. The monoisotopic (exact) mass is 431 g/mol.